The predicted octanol–water partition coefficient (Wildman–Crippen LogP) is 2.38. The number of alkyl halides is 3. The molecule has 1 atom stereocenters. The molecule has 2 aromatic rings. The second-order valence-electron chi connectivity index (χ2n) is 7.84. The quantitative estimate of drug-likeness (QED) is 0.689. The number of hydrogen-bond donors (Lipinski definition) is 2. The fourth-order valence-electron chi connectivity index (χ4n) is 3.33. The van der Waals surface area contributed by atoms with Crippen molar-refractivity contribution in [3.63, 3.8) is 0 Å². The standard InChI is InChI=1S/C18H28N6O.C2HF3O2/c1-5-24-11-15(9-19-24)10-22-6-7-23-12-16(21-18(23)14(22)4)8-17(25)20-13(2)3;3-2(4,5)1(6)7/h9,11-14H,5-8,10H2,1-4H3,(H,20,25);(H,6,7). The zero-order chi connectivity index (χ0) is 24.1. The molecule has 9 nitrogen and oxygen atoms in total. The second-order valence-corrected chi connectivity index (χ2v) is 7.84. The van der Waals surface area contributed by atoms with Crippen molar-refractivity contribution in [3.05, 3.63) is 35.7 Å². The molecule has 1 amide bonds. The summed E-state index contributed by atoms with van der Waals surface area (Å²) in [4.78, 5) is 28.0. The lowest BCUT2D eigenvalue weighted by Crippen LogP contribution is -2.36. The number of hydrogen-bond acceptors (Lipinski definition) is 5. The van der Waals surface area contributed by atoms with E-state index >= 15 is 0 Å². The van der Waals surface area contributed by atoms with E-state index in [9.17, 15) is 18.0 Å². The molecular weight excluding hydrogens is 429 g/mol. The molecule has 0 aromatic carbocycles. The third-order valence-corrected chi connectivity index (χ3v) is 4.84. The van der Waals surface area contributed by atoms with E-state index in [2.05, 4.69) is 39.9 Å². The lowest BCUT2D eigenvalue weighted by Gasteiger charge is -2.33. The minimum atomic E-state index is -5.08. The van der Waals surface area contributed by atoms with Gasteiger partial charge in [-0.15, -0.1) is 0 Å². The number of nitrogens with one attached hydrogen (secondary N) is 1. The van der Waals surface area contributed by atoms with E-state index in [1.807, 2.05) is 30.9 Å². The Hall–Kier alpha value is -2.89. The molecule has 1 aliphatic rings. The fraction of sp³-hybridized carbons (Fsp3) is 0.600. The molecule has 0 saturated carbocycles. The normalized spacial score (nSPS) is 16.3. The molecule has 0 radical (unpaired) electrons. The Labute approximate surface area is 184 Å². The zero-order valence-electron chi connectivity index (χ0n) is 18.6. The number of amides is 1. The number of nitrogens with zero attached hydrogens (tertiary/aromatic N) is 5. The van der Waals surface area contributed by atoms with E-state index in [1.54, 1.807) is 0 Å². The number of halogens is 3. The van der Waals surface area contributed by atoms with Gasteiger partial charge in [0.2, 0.25) is 5.91 Å². The number of aromatic nitrogens is 4. The van der Waals surface area contributed by atoms with Crippen LogP contribution in [0.15, 0.2) is 18.6 Å². The molecule has 12 heteroatoms. The number of carbonyl (C=O) groups excluding carboxylic acids is 1. The van der Waals surface area contributed by atoms with Crippen molar-refractivity contribution >= 4 is 11.9 Å². The average Bonchev–Trinajstić information content (AvgIpc) is 3.30. The van der Waals surface area contributed by atoms with Crippen LogP contribution in [0, 0.1) is 0 Å². The van der Waals surface area contributed by atoms with Crippen LogP contribution in [0.25, 0.3) is 0 Å². The summed E-state index contributed by atoms with van der Waals surface area (Å²) in [5.41, 5.74) is 2.07. The van der Waals surface area contributed by atoms with Gasteiger partial charge in [0.1, 0.15) is 5.82 Å². The van der Waals surface area contributed by atoms with Crippen LogP contribution in [0.3, 0.4) is 0 Å². The monoisotopic (exact) mass is 458 g/mol. The van der Waals surface area contributed by atoms with Gasteiger partial charge in [0.05, 0.1) is 24.4 Å². The summed E-state index contributed by atoms with van der Waals surface area (Å²) < 4.78 is 35.9. The number of carboxylic acid groups (broad SMARTS) is 1. The highest BCUT2D eigenvalue weighted by molar-refractivity contribution is 5.78. The molecule has 0 fully saturated rings. The lowest BCUT2D eigenvalue weighted by molar-refractivity contribution is -0.192. The second kappa shape index (κ2) is 10.6. The molecule has 0 saturated heterocycles. The van der Waals surface area contributed by atoms with Gasteiger partial charge in [0.15, 0.2) is 0 Å². The van der Waals surface area contributed by atoms with Gasteiger partial charge >= 0.3 is 12.1 Å². The maximum atomic E-state index is 12.0. The van der Waals surface area contributed by atoms with Gasteiger partial charge in [-0.25, -0.2) is 9.78 Å². The van der Waals surface area contributed by atoms with Gasteiger partial charge in [-0.1, -0.05) is 0 Å². The Morgan fingerprint density at radius 2 is 1.94 bits per heavy atom. The van der Waals surface area contributed by atoms with Crippen molar-refractivity contribution in [2.45, 2.75) is 72.0 Å². The van der Waals surface area contributed by atoms with Crippen LogP contribution >= 0.6 is 0 Å². The molecule has 178 valence electrons. The topological polar surface area (TPSA) is 105 Å². The molecule has 2 N–H and O–H groups in total. The van der Waals surface area contributed by atoms with Gasteiger partial charge in [-0.05, 0) is 27.7 Å². The van der Waals surface area contributed by atoms with Crippen molar-refractivity contribution in [1.29, 1.82) is 0 Å². The summed E-state index contributed by atoms with van der Waals surface area (Å²) in [6.45, 7) is 11.8. The molecule has 0 aliphatic carbocycles. The predicted molar refractivity (Wildman–Crippen MR) is 110 cm³/mol. The highest BCUT2D eigenvalue weighted by atomic mass is 19.4. The maximum Gasteiger partial charge on any atom is 0.490 e. The number of carboxylic acids is 1. The Kier molecular flexibility index (Phi) is 8.42. The van der Waals surface area contributed by atoms with E-state index in [4.69, 9.17) is 14.9 Å². The van der Waals surface area contributed by atoms with Crippen LogP contribution in [-0.4, -0.2) is 60.0 Å². The van der Waals surface area contributed by atoms with E-state index < -0.39 is 12.1 Å². The van der Waals surface area contributed by atoms with Gasteiger partial charge in [-0.3, -0.25) is 14.4 Å². The van der Waals surface area contributed by atoms with Gasteiger partial charge in [0, 0.05) is 50.2 Å². The van der Waals surface area contributed by atoms with E-state index in [1.165, 1.54) is 5.56 Å². The van der Waals surface area contributed by atoms with Crippen molar-refractivity contribution in [3.8, 4) is 0 Å². The highest BCUT2D eigenvalue weighted by Crippen LogP contribution is 2.26. The largest absolute Gasteiger partial charge is 0.490 e. The van der Waals surface area contributed by atoms with E-state index in [-0.39, 0.29) is 18.0 Å². The third-order valence-electron chi connectivity index (χ3n) is 4.84. The lowest BCUT2D eigenvalue weighted by atomic mass is 10.2. The van der Waals surface area contributed by atoms with E-state index in [0.717, 1.165) is 37.7 Å². The van der Waals surface area contributed by atoms with Crippen LogP contribution in [0.4, 0.5) is 13.2 Å². The van der Waals surface area contributed by atoms with Gasteiger partial charge in [0.25, 0.3) is 0 Å². The van der Waals surface area contributed by atoms with Crippen molar-refractivity contribution in [1.82, 2.24) is 29.5 Å². The molecule has 3 rings (SSSR count). The molecular formula is C20H29F3N6O3. The first-order chi connectivity index (χ1) is 14.9. The number of fused-ring (bicyclic) bond motifs is 1. The summed E-state index contributed by atoms with van der Waals surface area (Å²) in [5, 5.41) is 14.4. The minimum Gasteiger partial charge on any atom is -0.475 e. The first kappa shape index (κ1) is 25.4. The molecule has 0 bridgehead atoms. The maximum absolute atomic E-state index is 12.0. The summed E-state index contributed by atoms with van der Waals surface area (Å²) in [6, 6.07) is 0.379. The molecule has 1 unspecified atom stereocenters. The van der Waals surface area contributed by atoms with Crippen LogP contribution in [0.2, 0.25) is 0 Å². The van der Waals surface area contributed by atoms with Gasteiger partial charge in [-0.2, -0.15) is 18.3 Å². The Balaban J connectivity index is 0.000000451. The SMILES string of the molecule is CCn1cc(CN2CCn3cc(CC(=O)NC(C)C)nc3C2C)cn1.O=C(O)C(F)(F)F. The number of carbonyl (C=O) groups is 2. The first-order valence-corrected chi connectivity index (χ1v) is 10.3. The molecule has 2 aromatic heterocycles. The highest BCUT2D eigenvalue weighted by Gasteiger charge is 2.38. The van der Waals surface area contributed by atoms with Crippen LogP contribution in [0.5, 0.6) is 0 Å². The van der Waals surface area contributed by atoms with Crippen LogP contribution in [0.1, 0.15) is 50.8 Å². The van der Waals surface area contributed by atoms with Crippen LogP contribution in [-0.2, 0) is 35.6 Å². The number of imidazole rings is 1. The Bertz CT molecular complexity index is 922. The number of aryl methyl sites for hydroxylation is 1. The van der Waals surface area contributed by atoms with Gasteiger partial charge < -0.3 is 15.0 Å². The fourth-order valence-corrected chi connectivity index (χ4v) is 3.33. The molecule has 1 aliphatic heterocycles. The molecule has 32 heavy (non-hydrogen) atoms. The summed E-state index contributed by atoms with van der Waals surface area (Å²) in [7, 11) is 0. The Morgan fingerprint density at radius 3 is 2.47 bits per heavy atom. The average molecular weight is 458 g/mol. The van der Waals surface area contributed by atoms with Crippen molar-refractivity contribution in [2.75, 3.05) is 6.54 Å². The summed E-state index contributed by atoms with van der Waals surface area (Å²) in [5.74, 6) is -1.68. The zero-order valence-corrected chi connectivity index (χ0v) is 18.6. The summed E-state index contributed by atoms with van der Waals surface area (Å²) >= 11 is 0. The summed E-state index contributed by atoms with van der Waals surface area (Å²) in [6.07, 6.45) is 1.33. The molecule has 0 spiro atoms. The number of aliphatic carboxylic acids is 1. The van der Waals surface area contributed by atoms with Crippen LogP contribution < -0.4 is 5.32 Å². The smallest absolute Gasteiger partial charge is 0.475 e. The number of rotatable bonds is 6. The minimum absolute atomic E-state index is 0.0296. The third kappa shape index (κ3) is 7.08. The molecule has 3 heterocycles. The first-order valence-electron chi connectivity index (χ1n) is 10.3. The Morgan fingerprint density at radius 1 is 1.28 bits per heavy atom. The van der Waals surface area contributed by atoms with Crippen molar-refractivity contribution in [2.24, 2.45) is 0 Å². The van der Waals surface area contributed by atoms with E-state index in [0.29, 0.717) is 6.42 Å². The van der Waals surface area contributed by atoms with Crippen molar-refractivity contribution < 1.29 is 27.9 Å².